The first-order valence-electron chi connectivity index (χ1n) is 11.5. The molecule has 0 aliphatic carbocycles. The number of phenolic OH excluding ortho intramolecular Hbond substituents is 1. The molecule has 0 spiro atoms. The van der Waals surface area contributed by atoms with Gasteiger partial charge in [-0.25, -0.2) is 15.2 Å². The van der Waals surface area contributed by atoms with E-state index in [0.717, 1.165) is 36.3 Å². The molecule has 34 heavy (non-hydrogen) atoms. The van der Waals surface area contributed by atoms with Gasteiger partial charge in [0.25, 0.3) is 0 Å². The molecule has 3 aromatic rings. The van der Waals surface area contributed by atoms with Crippen LogP contribution in [-0.4, -0.2) is 53.5 Å². The number of carboxylic acid groups (broad SMARTS) is 1. The van der Waals surface area contributed by atoms with Crippen molar-refractivity contribution >= 4 is 5.97 Å². The summed E-state index contributed by atoms with van der Waals surface area (Å²) in [4.78, 5) is 11.0. The van der Waals surface area contributed by atoms with Crippen molar-refractivity contribution in [2.45, 2.75) is 25.6 Å². The van der Waals surface area contributed by atoms with Crippen molar-refractivity contribution in [3.63, 3.8) is 0 Å². The number of carbonyl (C=O) groups is 1. The first-order chi connectivity index (χ1) is 16.5. The van der Waals surface area contributed by atoms with E-state index in [2.05, 4.69) is 40.9 Å². The number of ether oxygens (including phenoxy) is 1. The minimum Gasteiger partial charge on any atom is -0.508 e. The molecular formula is C27H31N3O4. The molecule has 4 rings (SSSR count). The molecule has 1 aliphatic rings. The fourth-order valence-corrected chi connectivity index (χ4v) is 4.01. The zero-order valence-corrected chi connectivity index (χ0v) is 19.3. The molecule has 0 bridgehead atoms. The summed E-state index contributed by atoms with van der Waals surface area (Å²) < 4.78 is 5.82. The highest BCUT2D eigenvalue weighted by atomic mass is 16.5. The third-order valence-corrected chi connectivity index (χ3v) is 6.07. The number of rotatable bonds is 11. The van der Waals surface area contributed by atoms with Gasteiger partial charge in [0.05, 0.1) is 24.8 Å². The number of phenols is 1. The van der Waals surface area contributed by atoms with Crippen molar-refractivity contribution in [1.29, 1.82) is 0 Å². The lowest BCUT2D eigenvalue weighted by molar-refractivity contribution is -0.0359. The van der Waals surface area contributed by atoms with E-state index in [9.17, 15) is 9.90 Å². The van der Waals surface area contributed by atoms with Crippen molar-refractivity contribution in [3.05, 3.63) is 89.5 Å². The number of nitrogens with zero attached hydrogens (tertiary/aromatic N) is 1. The topological polar surface area (TPSA) is 94.1 Å². The molecule has 0 aromatic heterocycles. The van der Waals surface area contributed by atoms with E-state index in [1.807, 2.05) is 30.3 Å². The predicted octanol–water partition coefficient (Wildman–Crippen LogP) is 3.81. The molecule has 1 aliphatic heterocycles. The summed E-state index contributed by atoms with van der Waals surface area (Å²) >= 11 is 0. The number of nitrogens with one attached hydrogen (secondary N) is 2. The van der Waals surface area contributed by atoms with E-state index in [0.29, 0.717) is 24.8 Å². The van der Waals surface area contributed by atoms with Gasteiger partial charge in [-0.2, -0.15) is 0 Å². The van der Waals surface area contributed by atoms with Crippen LogP contribution in [0, 0.1) is 0 Å². The number of hydrazine groups is 1. The van der Waals surface area contributed by atoms with Gasteiger partial charge in [-0.15, -0.1) is 0 Å². The van der Waals surface area contributed by atoms with E-state index >= 15 is 0 Å². The van der Waals surface area contributed by atoms with Gasteiger partial charge in [-0.05, 0) is 59.5 Å². The average Bonchev–Trinajstić information content (AvgIpc) is 2.82. The Morgan fingerprint density at radius 2 is 1.85 bits per heavy atom. The van der Waals surface area contributed by atoms with Crippen LogP contribution in [0.2, 0.25) is 0 Å². The van der Waals surface area contributed by atoms with Crippen LogP contribution in [0.1, 0.15) is 34.5 Å². The van der Waals surface area contributed by atoms with Gasteiger partial charge in [0.2, 0.25) is 0 Å². The minimum atomic E-state index is -0.907. The summed E-state index contributed by atoms with van der Waals surface area (Å²) in [6.45, 7) is 5.82. The Morgan fingerprint density at radius 3 is 2.56 bits per heavy atom. The second-order valence-electron chi connectivity index (χ2n) is 8.58. The molecule has 7 heteroatoms. The SMILES string of the molecule is CC(c1ccc(C(=O)O)cc1)N1C[C@H](COCCNCc2cccc(-c3ccc(O)cc3)c2)N1. The minimum absolute atomic E-state index is 0.165. The second-order valence-corrected chi connectivity index (χ2v) is 8.58. The van der Waals surface area contributed by atoms with E-state index < -0.39 is 5.97 Å². The maximum atomic E-state index is 11.0. The molecule has 0 saturated carbocycles. The highest BCUT2D eigenvalue weighted by Crippen LogP contribution is 2.24. The van der Waals surface area contributed by atoms with Crippen molar-refractivity contribution in [2.75, 3.05) is 26.3 Å². The zero-order valence-electron chi connectivity index (χ0n) is 19.3. The van der Waals surface area contributed by atoms with Gasteiger partial charge in [0.1, 0.15) is 5.75 Å². The highest BCUT2D eigenvalue weighted by Gasteiger charge is 2.30. The molecule has 1 saturated heterocycles. The fraction of sp³-hybridized carbons (Fsp3) is 0.296. The Labute approximate surface area is 200 Å². The Hall–Kier alpha value is -3.23. The Bertz CT molecular complexity index is 1080. The number of carboxylic acids is 1. The van der Waals surface area contributed by atoms with E-state index in [1.165, 1.54) is 5.56 Å². The summed E-state index contributed by atoms with van der Waals surface area (Å²) in [5.41, 5.74) is 8.21. The van der Waals surface area contributed by atoms with Crippen LogP contribution < -0.4 is 10.7 Å². The number of aromatic hydroxyl groups is 1. The largest absolute Gasteiger partial charge is 0.508 e. The van der Waals surface area contributed by atoms with Crippen molar-refractivity contribution < 1.29 is 19.7 Å². The number of hydrogen-bond donors (Lipinski definition) is 4. The van der Waals surface area contributed by atoms with E-state index in [4.69, 9.17) is 9.84 Å². The Kier molecular flexibility index (Phi) is 7.92. The summed E-state index contributed by atoms with van der Waals surface area (Å²) in [6, 6.07) is 23.1. The summed E-state index contributed by atoms with van der Waals surface area (Å²) in [7, 11) is 0. The fourth-order valence-electron chi connectivity index (χ4n) is 4.01. The molecule has 2 atom stereocenters. The number of aromatic carboxylic acids is 1. The predicted molar refractivity (Wildman–Crippen MR) is 132 cm³/mol. The van der Waals surface area contributed by atoms with Crippen LogP contribution in [0.4, 0.5) is 0 Å². The third-order valence-electron chi connectivity index (χ3n) is 6.07. The number of hydrogen-bond acceptors (Lipinski definition) is 6. The van der Waals surface area contributed by atoms with Crippen LogP contribution in [0.3, 0.4) is 0 Å². The first-order valence-corrected chi connectivity index (χ1v) is 11.5. The third kappa shape index (κ3) is 6.21. The standard InChI is InChI=1S/C27H31N3O4/c1-19(21-5-7-23(8-6-21)27(32)33)30-17-25(29-30)18-34-14-13-28-16-20-3-2-4-24(15-20)22-9-11-26(31)12-10-22/h2-12,15,19,25,28-29,31H,13-14,16-18H2,1H3,(H,32,33)/t19?,25-/m1/s1. The van der Waals surface area contributed by atoms with Crippen LogP contribution in [-0.2, 0) is 11.3 Å². The number of benzene rings is 3. The highest BCUT2D eigenvalue weighted by molar-refractivity contribution is 5.87. The van der Waals surface area contributed by atoms with Crippen molar-refractivity contribution in [2.24, 2.45) is 0 Å². The lowest BCUT2D eigenvalue weighted by Crippen LogP contribution is -2.64. The molecule has 178 valence electrons. The molecule has 3 aromatic carbocycles. The molecule has 1 heterocycles. The van der Waals surface area contributed by atoms with Crippen LogP contribution in [0.5, 0.6) is 5.75 Å². The lowest BCUT2D eigenvalue weighted by Gasteiger charge is -2.44. The maximum absolute atomic E-state index is 11.0. The van der Waals surface area contributed by atoms with Gasteiger partial charge in [-0.1, -0.05) is 42.5 Å². The quantitative estimate of drug-likeness (QED) is 0.323. The normalized spacial score (nSPS) is 16.7. The van der Waals surface area contributed by atoms with Crippen molar-refractivity contribution in [3.8, 4) is 16.9 Å². The van der Waals surface area contributed by atoms with Gasteiger partial charge in [0.15, 0.2) is 0 Å². The van der Waals surface area contributed by atoms with Gasteiger partial charge >= 0.3 is 5.97 Å². The van der Waals surface area contributed by atoms with Crippen molar-refractivity contribution in [1.82, 2.24) is 15.8 Å². The summed E-state index contributed by atoms with van der Waals surface area (Å²) in [5, 5.41) is 24.1. The lowest BCUT2D eigenvalue weighted by atomic mass is 10.0. The van der Waals surface area contributed by atoms with Crippen LogP contribution in [0.25, 0.3) is 11.1 Å². The molecule has 4 N–H and O–H groups in total. The molecule has 1 unspecified atom stereocenters. The maximum Gasteiger partial charge on any atom is 0.335 e. The van der Waals surface area contributed by atoms with Gasteiger partial charge < -0.3 is 20.3 Å². The van der Waals surface area contributed by atoms with Gasteiger partial charge in [-0.3, -0.25) is 0 Å². The Balaban J connectivity index is 1.11. The van der Waals surface area contributed by atoms with Crippen LogP contribution in [0.15, 0.2) is 72.8 Å². The second kappa shape index (κ2) is 11.3. The van der Waals surface area contributed by atoms with Gasteiger partial charge in [0, 0.05) is 25.7 Å². The zero-order chi connectivity index (χ0) is 23.9. The molecule has 0 amide bonds. The molecule has 7 nitrogen and oxygen atoms in total. The average molecular weight is 462 g/mol. The Morgan fingerprint density at radius 1 is 1.12 bits per heavy atom. The first kappa shape index (κ1) is 23.9. The molecular weight excluding hydrogens is 430 g/mol. The monoisotopic (exact) mass is 461 g/mol. The smallest absolute Gasteiger partial charge is 0.335 e. The summed E-state index contributed by atoms with van der Waals surface area (Å²) in [5.74, 6) is -0.635. The van der Waals surface area contributed by atoms with E-state index in [1.54, 1.807) is 24.3 Å². The molecule has 1 fully saturated rings. The summed E-state index contributed by atoms with van der Waals surface area (Å²) in [6.07, 6.45) is 0. The molecule has 0 radical (unpaired) electrons. The van der Waals surface area contributed by atoms with E-state index in [-0.39, 0.29) is 11.8 Å². The van der Waals surface area contributed by atoms with Crippen LogP contribution >= 0.6 is 0 Å².